The topological polar surface area (TPSA) is 101 Å². The van der Waals surface area contributed by atoms with Crippen molar-refractivity contribution in [3.63, 3.8) is 0 Å². The van der Waals surface area contributed by atoms with E-state index in [1.807, 2.05) is 6.92 Å². The van der Waals surface area contributed by atoms with Gasteiger partial charge in [-0.1, -0.05) is 20.8 Å². The van der Waals surface area contributed by atoms with E-state index in [2.05, 4.69) is 24.5 Å². The summed E-state index contributed by atoms with van der Waals surface area (Å²) in [4.78, 5) is 30.8. The minimum Gasteiger partial charge on any atom is -0.392 e. The molecule has 8 heteroatoms. The molecule has 2 saturated carbocycles. The van der Waals surface area contributed by atoms with E-state index in [-0.39, 0.29) is 46.8 Å². The van der Waals surface area contributed by atoms with Crippen molar-refractivity contribution in [2.75, 3.05) is 25.6 Å². The number of amides is 2. The second-order valence-electron chi connectivity index (χ2n) is 10.0. The summed E-state index contributed by atoms with van der Waals surface area (Å²) in [6.07, 6.45) is 4.05. The SMILES string of the molecule is COCCNC(=O)[C@@H](C)[C@H]1CC[C@]2(C)Cc3sc(NC(=O)C4CC4)nc3[C@@H](C)[C@@H]2[C@H]1O. The van der Waals surface area contributed by atoms with Crippen LogP contribution in [0.15, 0.2) is 0 Å². The van der Waals surface area contributed by atoms with Gasteiger partial charge in [-0.3, -0.25) is 9.59 Å². The number of hydrogen-bond acceptors (Lipinski definition) is 6. The van der Waals surface area contributed by atoms with Gasteiger partial charge in [0.2, 0.25) is 11.8 Å². The fraction of sp³-hybridized carbons (Fsp3) is 0.783. The lowest BCUT2D eigenvalue weighted by atomic mass is 9.53. The Balaban J connectivity index is 1.50. The van der Waals surface area contributed by atoms with Crippen molar-refractivity contribution in [3.05, 3.63) is 10.6 Å². The van der Waals surface area contributed by atoms with Gasteiger partial charge in [-0.25, -0.2) is 4.98 Å². The van der Waals surface area contributed by atoms with Crippen LogP contribution in [0.5, 0.6) is 0 Å². The van der Waals surface area contributed by atoms with Crippen LogP contribution in [-0.4, -0.2) is 48.3 Å². The average molecular weight is 450 g/mol. The molecule has 7 nitrogen and oxygen atoms in total. The molecule has 3 N–H and O–H groups in total. The number of aliphatic hydroxyl groups excluding tert-OH is 1. The number of aliphatic hydroxyl groups is 1. The first-order chi connectivity index (χ1) is 14.7. The zero-order chi connectivity index (χ0) is 22.3. The zero-order valence-corrected chi connectivity index (χ0v) is 19.8. The Morgan fingerprint density at radius 1 is 1.35 bits per heavy atom. The Labute approximate surface area is 188 Å². The molecule has 0 radical (unpaired) electrons. The number of fused-ring (bicyclic) bond motifs is 2. The number of ether oxygens (including phenoxy) is 1. The summed E-state index contributed by atoms with van der Waals surface area (Å²) in [6.45, 7) is 7.29. The number of nitrogens with zero attached hydrogens (tertiary/aromatic N) is 1. The number of carbonyl (C=O) groups excluding carboxylic acids is 2. The number of hydrogen-bond donors (Lipinski definition) is 3. The Morgan fingerprint density at radius 3 is 2.77 bits per heavy atom. The van der Waals surface area contributed by atoms with Crippen molar-refractivity contribution in [3.8, 4) is 0 Å². The average Bonchev–Trinajstić information content (AvgIpc) is 3.49. The van der Waals surface area contributed by atoms with E-state index in [1.54, 1.807) is 18.4 Å². The third kappa shape index (κ3) is 4.39. The smallest absolute Gasteiger partial charge is 0.229 e. The van der Waals surface area contributed by atoms with E-state index < -0.39 is 6.10 Å². The van der Waals surface area contributed by atoms with Gasteiger partial charge in [-0.15, -0.1) is 11.3 Å². The molecular weight excluding hydrogens is 414 g/mol. The van der Waals surface area contributed by atoms with Crippen LogP contribution < -0.4 is 10.6 Å². The minimum absolute atomic E-state index is 0.0208. The normalized spacial score (nSPS) is 33.2. The van der Waals surface area contributed by atoms with Gasteiger partial charge in [0.05, 0.1) is 18.4 Å². The quantitative estimate of drug-likeness (QED) is 0.556. The third-order valence-corrected chi connectivity index (χ3v) is 8.75. The Morgan fingerprint density at radius 2 is 2.10 bits per heavy atom. The molecule has 1 aromatic rings. The molecule has 2 amide bonds. The number of anilines is 1. The number of nitrogens with one attached hydrogen (secondary N) is 2. The largest absolute Gasteiger partial charge is 0.392 e. The summed E-state index contributed by atoms with van der Waals surface area (Å²) in [7, 11) is 1.61. The molecule has 0 saturated heterocycles. The highest BCUT2D eigenvalue weighted by molar-refractivity contribution is 7.15. The van der Waals surface area contributed by atoms with E-state index in [1.165, 1.54) is 4.88 Å². The number of carbonyl (C=O) groups is 2. The van der Waals surface area contributed by atoms with Crippen molar-refractivity contribution in [1.82, 2.24) is 10.3 Å². The fourth-order valence-electron chi connectivity index (χ4n) is 5.78. The highest BCUT2D eigenvalue weighted by atomic mass is 32.1. The maximum Gasteiger partial charge on any atom is 0.229 e. The first kappa shape index (κ1) is 22.7. The number of rotatable bonds is 7. The molecule has 3 aliphatic carbocycles. The summed E-state index contributed by atoms with van der Waals surface area (Å²) < 4.78 is 5.02. The fourth-order valence-corrected chi connectivity index (χ4v) is 7.05. The predicted molar refractivity (Wildman–Crippen MR) is 120 cm³/mol. The van der Waals surface area contributed by atoms with Crippen molar-refractivity contribution in [2.24, 2.45) is 29.1 Å². The zero-order valence-electron chi connectivity index (χ0n) is 18.9. The first-order valence-electron chi connectivity index (χ1n) is 11.5. The van der Waals surface area contributed by atoms with E-state index in [9.17, 15) is 14.7 Å². The van der Waals surface area contributed by atoms with Crippen LogP contribution in [0.2, 0.25) is 0 Å². The van der Waals surface area contributed by atoms with Gasteiger partial charge in [-0.05, 0) is 49.4 Å². The van der Waals surface area contributed by atoms with Gasteiger partial charge in [0.15, 0.2) is 5.13 Å². The lowest BCUT2D eigenvalue weighted by Crippen LogP contribution is -2.53. The molecule has 1 heterocycles. The second kappa shape index (κ2) is 8.79. The van der Waals surface area contributed by atoms with Gasteiger partial charge >= 0.3 is 0 Å². The van der Waals surface area contributed by atoms with Gasteiger partial charge in [0, 0.05) is 36.3 Å². The molecule has 31 heavy (non-hydrogen) atoms. The van der Waals surface area contributed by atoms with Crippen LogP contribution in [0.25, 0.3) is 0 Å². The van der Waals surface area contributed by atoms with Crippen LogP contribution in [-0.2, 0) is 20.7 Å². The lowest BCUT2D eigenvalue weighted by Gasteiger charge is -2.53. The summed E-state index contributed by atoms with van der Waals surface area (Å²) in [5.41, 5.74) is 0.981. The van der Waals surface area contributed by atoms with Gasteiger partial charge in [0.25, 0.3) is 0 Å². The minimum atomic E-state index is -0.559. The number of aromatic nitrogens is 1. The molecule has 0 bridgehead atoms. The molecule has 0 aromatic carbocycles. The molecule has 2 fully saturated rings. The standard InChI is InChI=1S/C23H35N3O4S/c1-12(20(28)24-9-10-30-4)15-7-8-23(3)11-16-18(13(2)17(23)19(15)27)25-22(31-16)26-21(29)14-5-6-14/h12-15,17,19,27H,5-11H2,1-4H3,(H,24,28)(H,25,26,29)/t12-,13-,15+,17+,19-,23+/m0/s1. The van der Waals surface area contributed by atoms with E-state index in [0.29, 0.717) is 18.3 Å². The molecule has 172 valence electrons. The van der Waals surface area contributed by atoms with Crippen molar-refractivity contribution >= 4 is 28.3 Å². The molecule has 0 aliphatic heterocycles. The maximum absolute atomic E-state index is 12.6. The summed E-state index contributed by atoms with van der Waals surface area (Å²) in [6, 6.07) is 0. The van der Waals surface area contributed by atoms with Crippen LogP contribution in [0.4, 0.5) is 5.13 Å². The summed E-state index contributed by atoms with van der Waals surface area (Å²) >= 11 is 1.59. The van der Waals surface area contributed by atoms with E-state index in [4.69, 9.17) is 9.72 Å². The highest BCUT2D eigenvalue weighted by Gasteiger charge is 2.54. The molecule has 1 aromatic heterocycles. The second-order valence-corrected chi connectivity index (χ2v) is 11.1. The molecular formula is C23H35N3O4S. The van der Waals surface area contributed by atoms with Gasteiger partial charge in [0.1, 0.15) is 0 Å². The summed E-state index contributed by atoms with van der Waals surface area (Å²) in [5, 5.41) is 18.1. The van der Waals surface area contributed by atoms with E-state index >= 15 is 0 Å². The van der Waals surface area contributed by atoms with Gasteiger partial charge in [-0.2, -0.15) is 0 Å². The van der Waals surface area contributed by atoms with Crippen LogP contribution in [0.1, 0.15) is 62.9 Å². The van der Waals surface area contributed by atoms with Crippen molar-refractivity contribution in [1.29, 1.82) is 0 Å². The third-order valence-electron chi connectivity index (χ3n) is 7.76. The molecule has 0 unspecified atom stereocenters. The number of thiazole rings is 1. The van der Waals surface area contributed by atoms with Gasteiger partial charge < -0.3 is 20.5 Å². The molecule has 6 atom stereocenters. The van der Waals surface area contributed by atoms with E-state index in [0.717, 1.165) is 37.8 Å². The Kier molecular flexibility index (Phi) is 6.43. The Bertz CT molecular complexity index is 839. The first-order valence-corrected chi connectivity index (χ1v) is 12.3. The molecule has 4 rings (SSSR count). The lowest BCUT2D eigenvalue weighted by molar-refractivity contribution is -0.135. The molecule has 0 spiro atoms. The van der Waals surface area contributed by atoms with Crippen molar-refractivity contribution < 1.29 is 19.4 Å². The number of methoxy groups -OCH3 is 1. The molecule has 3 aliphatic rings. The van der Waals surface area contributed by atoms with Crippen LogP contribution in [0.3, 0.4) is 0 Å². The summed E-state index contributed by atoms with van der Waals surface area (Å²) in [5.74, 6) is 0.00670. The highest BCUT2D eigenvalue weighted by Crippen LogP contribution is 2.57. The maximum atomic E-state index is 12.6. The predicted octanol–water partition coefficient (Wildman–Crippen LogP) is 2.94. The van der Waals surface area contributed by atoms with Crippen LogP contribution in [0, 0.1) is 29.1 Å². The monoisotopic (exact) mass is 449 g/mol. The van der Waals surface area contributed by atoms with Crippen molar-refractivity contribution in [2.45, 2.75) is 64.9 Å². The van der Waals surface area contributed by atoms with Crippen LogP contribution >= 0.6 is 11.3 Å². The Hall–Kier alpha value is -1.51.